The molecular weight excluding hydrogens is 306 g/mol. The molecule has 0 radical (unpaired) electrons. The smallest absolute Gasteiger partial charge is 0.344 e. The Morgan fingerprint density at radius 2 is 1.67 bits per heavy atom. The van der Waals surface area contributed by atoms with E-state index in [1.165, 1.54) is 7.11 Å². The van der Waals surface area contributed by atoms with Gasteiger partial charge in [0, 0.05) is 11.1 Å². The van der Waals surface area contributed by atoms with Crippen molar-refractivity contribution in [3.63, 3.8) is 0 Å². The number of carbonyl (C=O) groups excluding carboxylic acids is 2. The first-order valence-corrected chi connectivity index (χ1v) is 7.35. The summed E-state index contributed by atoms with van der Waals surface area (Å²) in [5, 5.41) is 0.735. The molecule has 5 heteroatoms. The molecule has 0 saturated heterocycles. The third-order valence-corrected chi connectivity index (χ3v) is 3.55. The molecule has 0 N–H and O–H groups in total. The zero-order chi connectivity index (χ0) is 17.1. The Kier molecular flexibility index (Phi) is 4.24. The molecule has 0 atom stereocenters. The van der Waals surface area contributed by atoms with Gasteiger partial charge >= 0.3 is 11.9 Å². The summed E-state index contributed by atoms with van der Waals surface area (Å²) in [6.07, 6.45) is 0. The van der Waals surface area contributed by atoms with Crippen LogP contribution in [0.1, 0.15) is 26.4 Å². The van der Waals surface area contributed by atoms with E-state index in [2.05, 4.69) is 9.72 Å². The summed E-state index contributed by atoms with van der Waals surface area (Å²) in [6, 6.07) is 15.3. The van der Waals surface area contributed by atoms with Crippen molar-refractivity contribution in [3.05, 3.63) is 71.4 Å². The van der Waals surface area contributed by atoms with Crippen molar-refractivity contribution in [2.24, 2.45) is 0 Å². The molecule has 3 rings (SSSR count). The molecule has 0 aliphatic carbocycles. The Morgan fingerprint density at radius 3 is 2.38 bits per heavy atom. The molecule has 120 valence electrons. The van der Waals surface area contributed by atoms with Crippen LogP contribution < -0.4 is 4.74 Å². The molecule has 5 nitrogen and oxygen atoms in total. The average Bonchev–Trinajstić information content (AvgIpc) is 2.60. The quantitative estimate of drug-likeness (QED) is 0.545. The third-order valence-electron chi connectivity index (χ3n) is 3.55. The van der Waals surface area contributed by atoms with Crippen LogP contribution in [0, 0.1) is 6.92 Å². The minimum Gasteiger partial charge on any atom is -0.465 e. The number of para-hydroxylation sites is 1. The van der Waals surface area contributed by atoms with Crippen molar-refractivity contribution in [1.29, 1.82) is 0 Å². The summed E-state index contributed by atoms with van der Waals surface area (Å²) in [6.45, 7) is 1.83. The predicted molar refractivity (Wildman–Crippen MR) is 89.2 cm³/mol. The first-order chi connectivity index (χ1) is 11.6. The van der Waals surface area contributed by atoms with E-state index in [0.29, 0.717) is 16.9 Å². The standard InChI is InChI=1S/C19H15NO4/c1-12-11-16(15-5-3-4-6-17(15)20-12)19(22)24-14-9-7-13(8-10-14)18(21)23-2/h3-11H,1-2H3. The van der Waals surface area contributed by atoms with E-state index in [-0.39, 0.29) is 0 Å². The summed E-state index contributed by atoms with van der Waals surface area (Å²) in [5.41, 5.74) is 2.32. The van der Waals surface area contributed by atoms with Crippen LogP contribution in [0.25, 0.3) is 10.9 Å². The number of methoxy groups -OCH3 is 1. The summed E-state index contributed by atoms with van der Waals surface area (Å²) in [7, 11) is 1.31. The average molecular weight is 321 g/mol. The number of hydrogen-bond acceptors (Lipinski definition) is 5. The summed E-state index contributed by atoms with van der Waals surface area (Å²) < 4.78 is 10.0. The predicted octanol–water partition coefficient (Wildman–Crippen LogP) is 3.55. The lowest BCUT2D eigenvalue weighted by molar-refractivity contribution is 0.0600. The molecule has 2 aromatic carbocycles. The van der Waals surface area contributed by atoms with Crippen LogP contribution in [-0.4, -0.2) is 24.0 Å². The maximum absolute atomic E-state index is 12.5. The molecule has 0 amide bonds. The van der Waals surface area contributed by atoms with Crippen molar-refractivity contribution in [1.82, 2.24) is 4.98 Å². The molecule has 0 aliphatic heterocycles. The highest BCUT2D eigenvalue weighted by Crippen LogP contribution is 2.21. The van der Waals surface area contributed by atoms with E-state index >= 15 is 0 Å². The van der Waals surface area contributed by atoms with Gasteiger partial charge in [0.1, 0.15) is 5.75 Å². The fourth-order valence-electron chi connectivity index (χ4n) is 2.42. The van der Waals surface area contributed by atoms with Gasteiger partial charge in [0.25, 0.3) is 0 Å². The zero-order valence-electron chi connectivity index (χ0n) is 13.3. The van der Waals surface area contributed by atoms with Gasteiger partial charge in [0.05, 0.1) is 23.8 Å². The number of aromatic nitrogens is 1. The van der Waals surface area contributed by atoms with Crippen molar-refractivity contribution < 1.29 is 19.1 Å². The molecule has 0 aliphatic rings. The first kappa shape index (κ1) is 15.7. The largest absolute Gasteiger partial charge is 0.465 e. The molecule has 0 fully saturated rings. The minimum atomic E-state index is -0.470. The minimum absolute atomic E-state index is 0.353. The number of ether oxygens (including phenoxy) is 2. The maximum Gasteiger partial charge on any atom is 0.344 e. The first-order valence-electron chi connectivity index (χ1n) is 7.35. The molecule has 0 saturated carbocycles. The van der Waals surface area contributed by atoms with Crippen molar-refractivity contribution in [2.45, 2.75) is 6.92 Å². The van der Waals surface area contributed by atoms with E-state index in [1.807, 2.05) is 31.2 Å². The topological polar surface area (TPSA) is 65.5 Å². The highest BCUT2D eigenvalue weighted by molar-refractivity contribution is 6.04. The molecule has 0 unspecified atom stereocenters. The van der Waals surface area contributed by atoms with E-state index < -0.39 is 11.9 Å². The lowest BCUT2D eigenvalue weighted by Gasteiger charge is -2.08. The highest BCUT2D eigenvalue weighted by Gasteiger charge is 2.14. The highest BCUT2D eigenvalue weighted by atomic mass is 16.5. The molecule has 0 bridgehead atoms. The van der Waals surface area contributed by atoms with Gasteiger partial charge < -0.3 is 9.47 Å². The Balaban J connectivity index is 1.89. The van der Waals surface area contributed by atoms with Gasteiger partial charge in [0.2, 0.25) is 0 Å². The van der Waals surface area contributed by atoms with Crippen molar-refractivity contribution in [3.8, 4) is 5.75 Å². The fourth-order valence-corrected chi connectivity index (χ4v) is 2.42. The molecule has 3 aromatic rings. The lowest BCUT2D eigenvalue weighted by atomic mass is 10.1. The number of pyridine rings is 1. The Bertz CT molecular complexity index is 916. The van der Waals surface area contributed by atoms with E-state index in [1.54, 1.807) is 30.3 Å². The third kappa shape index (κ3) is 3.10. The number of aryl methyl sites for hydroxylation is 1. The van der Waals surface area contributed by atoms with Gasteiger partial charge in [-0.3, -0.25) is 4.98 Å². The van der Waals surface area contributed by atoms with Crippen LogP contribution in [-0.2, 0) is 4.74 Å². The van der Waals surface area contributed by atoms with Crippen LogP contribution >= 0.6 is 0 Å². The van der Waals surface area contributed by atoms with Gasteiger partial charge in [-0.1, -0.05) is 18.2 Å². The zero-order valence-corrected chi connectivity index (χ0v) is 13.3. The second-order valence-corrected chi connectivity index (χ2v) is 5.23. The molecule has 1 heterocycles. The number of benzene rings is 2. The second-order valence-electron chi connectivity index (χ2n) is 5.23. The monoisotopic (exact) mass is 321 g/mol. The van der Waals surface area contributed by atoms with E-state index in [4.69, 9.17) is 4.74 Å². The van der Waals surface area contributed by atoms with Gasteiger partial charge in [-0.05, 0) is 43.3 Å². The molecular formula is C19H15NO4. The van der Waals surface area contributed by atoms with Crippen LogP contribution in [0.15, 0.2) is 54.6 Å². The SMILES string of the molecule is COC(=O)c1ccc(OC(=O)c2cc(C)nc3ccccc23)cc1. The summed E-state index contributed by atoms with van der Waals surface area (Å²) >= 11 is 0. The molecule has 1 aromatic heterocycles. The van der Waals surface area contributed by atoms with Crippen molar-refractivity contribution in [2.75, 3.05) is 7.11 Å². The maximum atomic E-state index is 12.5. The number of nitrogens with zero attached hydrogens (tertiary/aromatic N) is 1. The number of rotatable bonds is 3. The Labute approximate surface area is 138 Å². The van der Waals surface area contributed by atoms with Crippen LogP contribution in [0.2, 0.25) is 0 Å². The Hall–Kier alpha value is -3.21. The molecule has 0 spiro atoms. The van der Waals surface area contributed by atoms with E-state index in [0.717, 1.165) is 16.6 Å². The van der Waals surface area contributed by atoms with Crippen molar-refractivity contribution >= 4 is 22.8 Å². The number of fused-ring (bicyclic) bond motifs is 1. The second kappa shape index (κ2) is 6.50. The van der Waals surface area contributed by atoms with Gasteiger partial charge in [-0.15, -0.1) is 0 Å². The van der Waals surface area contributed by atoms with E-state index in [9.17, 15) is 9.59 Å². The van der Waals surface area contributed by atoms with Gasteiger partial charge in [-0.25, -0.2) is 9.59 Å². The van der Waals surface area contributed by atoms with Gasteiger partial charge in [0.15, 0.2) is 0 Å². The number of esters is 2. The number of carbonyl (C=O) groups is 2. The number of hydrogen-bond donors (Lipinski definition) is 0. The fraction of sp³-hybridized carbons (Fsp3) is 0.105. The molecule has 24 heavy (non-hydrogen) atoms. The summed E-state index contributed by atoms with van der Waals surface area (Å²) in [4.78, 5) is 28.3. The van der Waals surface area contributed by atoms with Crippen LogP contribution in [0.5, 0.6) is 5.75 Å². The lowest BCUT2D eigenvalue weighted by Crippen LogP contribution is -2.10. The van der Waals surface area contributed by atoms with Crippen LogP contribution in [0.3, 0.4) is 0 Å². The summed E-state index contributed by atoms with van der Waals surface area (Å²) in [5.74, 6) is -0.558. The Morgan fingerprint density at radius 1 is 0.958 bits per heavy atom. The normalized spacial score (nSPS) is 10.4. The van der Waals surface area contributed by atoms with Gasteiger partial charge in [-0.2, -0.15) is 0 Å². The van der Waals surface area contributed by atoms with Crippen LogP contribution in [0.4, 0.5) is 0 Å².